The van der Waals surface area contributed by atoms with Gasteiger partial charge in [0.15, 0.2) is 0 Å². The zero-order valence-electron chi connectivity index (χ0n) is 14.9. The van der Waals surface area contributed by atoms with Gasteiger partial charge in [-0.2, -0.15) is 0 Å². The van der Waals surface area contributed by atoms with Crippen molar-refractivity contribution >= 4 is 5.82 Å². The number of nitrogens with zero attached hydrogens (tertiary/aromatic N) is 1. The van der Waals surface area contributed by atoms with E-state index in [2.05, 4.69) is 10.3 Å². The molecule has 0 spiro atoms. The lowest BCUT2D eigenvalue weighted by atomic mass is 9.92. The van der Waals surface area contributed by atoms with Crippen LogP contribution in [0.2, 0.25) is 0 Å². The first-order valence-corrected chi connectivity index (χ1v) is 9.08. The molecule has 8 heteroatoms. The van der Waals surface area contributed by atoms with E-state index < -0.39 is 29.3 Å². The summed E-state index contributed by atoms with van der Waals surface area (Å²) in [7, 11) is 0. The summed E-state index contributed by atoms with van der Waals surface area (Å²) in [5, 5.41) is 2.83. The zero-order valence-corrected chi connectivity index (χ0v) is 14.9. The number of hydrogen-bond donors (Lipinski definition) is 2. The molecule has 3 heterocycles. The third-order valence-corrected chi connectivity index (χ3v) is 5.33. The minimum Gasteiger partial charge on any atom is -0.381 e. The van der Waals surface area contributed by atoms with E-state index >= 15 is 0 Å². The topological polar surface area (TPSA) is 76.1 Å². The fraction of sp³-hybridized carbons (Fsp3) is 0.474. The number of aryl methyl sites for hydroxylation is 1. The number of anilines is 1. The summed E-state index contributed by atoms with van der Waals surface area (Å²) in [6, 6.07) is 3.25. The summed E-state index contributed by atoms with van der Waals surface area (Å²) in [5.74, 6) is -0.352. The summed E-state index contributed by atoms with van der Waals surface area (Å²) in [5.41, 5.74) is 0.146. The molecule has 0 saturated carbocycles. The molecule has 1 fully saturated rings. The fourth-order valence-corrected chi connectivity index (χ4v) is 3.91. The van der Waals surface area contributed by atoms with Crippen LogP contribution in [-0.4, -0.2) is 28.9 Å². The Morgan fingerprint density at radius 2 is 1.96 bits per heavy atom. The van der Waals surface area contributed by atoms with Crippen molar-refractivity contribution in [3.63, 3.8) is 0 Å². The molecule has 144 valence electrons. The van der Waals surface area contributed by atoms with E-state index in [1.165, 1.54) is 10.6 Å². The van der Waals surface area contributed by atoms with Gasteiger partial charge in [0, 0.05) is 31.2 Å². The highest BCUT2D eigenvalue weighted by atomic mass is 19.1. The van der Waals surface area contributed by atoms with E-state index in [1.54, 1.807) is 19.1 Å². The second kappa shape index (κ2) is 6.92. The van der Waals surface area contributed by atoms with Crippen molar-refractivity contribution in [2.45, 2.75) is 44.4 Å². The van der Waals surface area contributed by atoms with Gasteiger partial charge in [0.1, 0.15) is 17.8 Å². The molecule has 2 aliphatic rings. The first kappa shape index (κ1) is 17.9. The van der Waals surface area contributed by atoms with E-state index in [-0.39, 0.29) is 29.4 Å². The quantitative estimate of drug-likeness (QED) is 0.843. The monoisotopic (exact) mass is 377 g/mol. The largest absolute Gasteiger partial charge is 0.381 e. The lowest BCUT2D eigenvalue weighted by Gasteiger charge is -2.31. The molecule has 0 amide bonds. The van der Waals surface area contributed by atoms with Gasteiger partial charge in [-0.3, -0.25) is 14.3 Å². The Balaban J connectivity index is 1.74. The van der Waals surface area contributed by atoms with Crippen molar-refractivity contribution < 1.29 is 13.5 Å². The lowest BCUT2D eigenvalue weighted by molar-refractivity contribution is 0.0673. The van der Waals surface area contributed by atoms with Crippen molar-refractivity contribution in [3.05, 3.63) is 61.5 Å². The van der Waals surface area contributed by atoms with E-state index in [0.29, 0.717) is 26.1 Å². The van der Waals surface area contributed by atoms with Crippen LogP contribution in [0.3, 0.4) is 0 Å². The SMILES string of the molecule is Cc1ccc(F)c([C@H]2Nc3[nH]c(=O)n(C4CCOCC4)c(=O)c3C[C@@H]2F)c1. The molecule has 2 aromatic rings. The molecule has 0 unspecified atom stereocenters. The van der Waals surface area contributed by atoms with E-state index in [0.717, 1.165) is 5.56 Å². The zero-order chi connectivity index (χ0) is 19.1. The lowest BCUT2D eigenvalue weighted by Crippen LogP contribution is -2.45. The standard InChI is InChI=1S/C19H21F2N3O3/c1-10-2-3-14(20)12(8-10)16-15(21)9-13-17(22-16)23-19(26)24(18(13)25)11-4-6-27-7-5-11/h2-3,8,11,15-16,22H,4-7,9H2,1H3,(H,23,26)/t15-,16+/m0/s1. The number of hydrogen-bond acceptors (Lipinski definition) is 4. The van der Waals surface area contributed by atoms with Crippen molar-refractivity contribution in [1.29, 1.82) is 0 Å². The number of ether oxygens (including phenoxy) is 1. The van der Waals surface area contributed by atoms with Crippen LogP contribution in [0.1, 0.15) is 41.6 Å². The number of fused-ring (bicyclic) bond motifs is 1. The number of halogens is 2. The van der Waals surface area contributed by atoms with Crippen LogP contribution in [-0.2, 0) is 11.2 Å². The fourth-order valence-electron chi connectivity index (χ4n) is 3.91. The molecule has 1 aromatic heterocycles. The predicted octanol–water partition coefficient (Wildman–Crippen LogP) is 2.38. The molecule has 6 nitrogen and oxygen atoms in total. The first-order chi connectivity index (χ1) is 13.0. The number of aromatic nitrogens is 2. The Morgan fingerprint density at radius 1 is 1.22 bits per heavy atom. The van der Waals surface area contributed by atoms with Crippen LogP contribution in [0.25, 0.3) is 0 Å². The number of benzene rings is 1. The molecule has 27 heavy (non-hydrogen) atoms. The summed E-state index contributed by atoms with van der Waals surface area (Å²) in [6.45, 7) is 2.75. The van der Waals surface area contributed by atoms with Crippen LogP contribution < -0.4 is 16.6 Å². The molecule has 4 rings (SSSR count). The third-order valence-electron chi connectivity index (χ3n) is 5.33. The Hall–Kier alpha value is -2.48. The average molecular weight is 377 g/mol. The smallest absolute Gasteiger partial charge is 0.330 e. The highest BCUT2D eigenvalue weighted by Crippen LogP contribution is 2.33. The molecular formula is C19H21F2N3O3. The molecule has 0 radical (unpaired) electrons. The highest BCUT2D eigenvalue weighted by molar-refractivity contribution is 5.49. The van der Waals surface area contributed by atoms with Gasteiger partial charge < -0.3 is 10.1 Å². The van der Waals surface area contributed by atoms with Crippen LogP contribution in [0.4, 0.5) is 14.6 Å². The van der Waals surface area contributed by atoms with E-state index in [9.17, 15) is 18.4 Å². The van der Waals surface area contributed by atoms with Crippen molar-refractivity contribution in [2.75, 3.05) is 18.5 Å². The summed E-state index contributed by atoms with van der Waals surface area (Å²) < 4.78 is 35.6. The maximum atomic E-state index is 14.9. The van der Waals surface area contributed by atoms with Gasteiger partial charge in [0.25, 0.3) is 5.56 Å². The number of aromatic amines is 1. The summed E-state index contributed by atoms with van der Waals surface area (Å²) in [4.78, 5) is 28.0. The van der Waals surface area contributed by atoms with E-state index in [4.69, 9.17) is 4.74 Å². The first-order valence-electron chi connectivity index (χ1n) is 9.08. The van der Waals surface area contributed by atoms with Gasteiger partial charge in [0.2, 0.25) is 0 Å². The maximum Gasteiger partial charge on any atom is 0.330 e. The van der Waals surface area contributed by atoms with Crippen LogP contribution in [0, 0.1) is 12.7 Å². The highest BCUT2D eigenvalue weighted by Gasteiger charge is 2.34. The molecule has 2 atom stereocenters. The Kier molecular flexibility index (Phi) is 4.59. The van der Waals surface area contributed by atoms with Crippen LogP contribution >= 0.6 is 0 Å². The minimum atomic E-state index is -1.49. The van der Waals surface area contributed by atoms with Gasteiger partial charge in [-0.1, -0.05) is 17.7 Å². The molecule has 1 aromatic carbocycles. The molecule has 0 aliphatic carbocycles. The molecule has 2 N–H and O–H groups in total. The molecular weight excluding hydrogens is 356 g/mol. The third kappa shape index (κ3) is 3.18. The summed E-state index contributed by atoms with van der Waals surface area (Å²) in [6.07, 6.45) is -0.550. The second-order valence-corrected chi connectivity index (χ2v) is 7.17. The van der Waals surface area contributed by atoms with Crippen molar-refractivity contribution in [1.82, 2.24) is 9.55 Å². The van der Waals surface area contributed by atoms with Crippen molar-refractivity contribution in [2.24, 2.45) is 0 Å². The molecule has 1 saturated heterocycles. The summed E-state index contributed by atoms with van der Waals surface area (Å²) >= 11 is 0. The minimum absolute atomic E-state index is 0.174. The number of nitrogens with one attached hydrogen (secondary N) is 2. The molecule has 0 bridgehead atoms. The predicted molar refractivity (Wildman–Crippen MR) is 96.5 cm³/mol. The Labute approximate surface area is 154 Å². The average Bonchev–Trinajstić information content (AvgIpc) is 2.65. The number of alkyl halides is 1. The number of rotatable bonds is 2. The van der Waals surface area contributed by atoms with Gasteiger partial charge in [-0.05, 0) is 25.8 Å². The van der Waals surface area contributed by atoms with Gasteiger partial charge in [-0.25, -0.2) is 13.6 Å². The Bertz CT molecular complexity index is 979. The van der Waals surface area contributed by atoms with Gasteiger partial charge >= 0.3 is 5.69 Å². The van der Waals surface area contributed by atoms with Crippen molar-refractivity contribution in [3.8, 4) is 0 Å². The maximum absolute atomic E-state index is 14.9. The van der Waals surface area contributed by atoms with Gasteiger partial charge in [-0.15, -0.1) is 0 Å². The van der Waals surface area contributed by atoms with Crippen LogP contribution in [0.5, 0.6) is 0 Å². The van der Waals surface area contributed by atoms with Gasteiger partial charge in [0.05, 0.1) is 11.6 Å². The van der Waals surface area contributed by atoms with E-state index in [1.807, 2.05) is 0 Å². The Morgan fingerprint density at radius 3 is 2.70 bits per heavy atom. The normalized spacial score (nSPS) is 22.9. The second-order valence-electron chi connectivity index (χ2n) is 7.17. The number of H-pyrrole nitrogens is 1. The molecule has 2 aliphatic heterocycles. The van der Waals surface area contributed by atoms with Crippen LogP contribution in [0.15, 0.2) is 27.8 Å².